The number of piperidine rings is 1. The summed E-state index contributed by atoms with van der Waals surface area (Å²) in [5.41, 5.74) is 5.82. The molecule has 1 aliphatic heterocycles. The van der Waals surface area contributed by atoms with E-state index in [0.717, 1.165) is 24.6 Å². The predicted molar refractivity (Wildman–Crippen MR) is 75.7 cm³/mol. The topological polar surface area (TPSA) is 92.6 Å². The van der Waals surface area contributed by atoms with Crippen molar-refractivity contribution in [1.82, 2.24) is 19.6 Å². The Morgan fingerprint density at radius 2 is 2.00 bits per heavy atom. The number of aryl methyl sites for hydroxylation is 2. The fourth-order valence-corrected chi connectivity index (χ4v) is 2.65. The van der Waals surface area contributed by atoms with Crippen LogP contribution in [0, 0.1) is 13.8 Å². The number of hydrogen-bond acceptors (Lipinski definition) is 6. The molecule has 7 nitrogen and oxygen atoms in total. The van der Waals surface area contributed by atoms with Crippen LogP contribution in [0.4, 0.5) is 5.82 Å². The third kappa shape index (κ3) is 2.23. The van der Waals surface area contributed by atoms with E-state index in [1.807, 2.05) is 19.9 Å². The van der Waals surface area contributed by atoms with Gasteiger partial charge in [0.05, 0.1) is 5.60 Å². The van der Waals surface area contributed by atoms with Crippen molar-refractivity contribution in [2.45, 2.75) is 32.3 Å². The molecule has 0 saturated carbocycles. The largest absolute Gasteiger partial charge is 0.388 e. The molecule has 0 radical (unpaired) electrons. The molecule has 7 heteroatoms. The first kappa shape index (κ1) is 13.3. The molecule has 0 bridgehead atoms. The van der Waals surface area contributed by atoms with Gasteiger partial charge in [-0.3, -0.25) is 0 Å². The van der Waals surface area contributed by atoms with Gasteiger partial charge in [0.25, 0.3) is 5.78 Å². The molecule has 2 aromatic heterocycles. The second-order valence-electron chi connectivity index (χ2n) is 5.54. The monoisotopic (exact) mass is 276 g/mol. The third-order valence-corrected chi connectivity index (χ3v) is 3.93. The standard InChI is InChI=1S/C13H20N6O/c1-9-7-11(19-12(15-9)16-10(2)17-19)18-5-3-13(20,8-14)4-6-18/h7,20H,3-6,8,14H2,1-2H3. The fraction of sp³-hybridized carbons (Fsp3) is 0.615. The van der Waals surface area contributed by atoms with Crippen LogP contribution in [0.1, 0.15) is 24.4 Å². The van der Waals surface area contributed by atoms with Crippen LogP contribution in [0.2, 0.25) is 0 Å². The Bertz CT molecular complexity index is 629. The zero-order chi connectivity index (χ0) is 14.3. The maximum Gasteiger partial charge on any atom is 0.254 e. The van der Waals surface area contributed by atoms with Crippen LogP contribution in [0.3, 0.4) is 0 Å². The van der Waals surface area contributed by atoms with Crippen LogP contribution in [-0.2, 0) is 0 Å². The van der Waals surface area contributed by atoms with Gasteiger partial charge in [0, 0.05) is 31.4 Å². The first-order chi connectivity index (χ1) is 9.50. The van der Waals surface area contributed by atoms with Crippen LogP contribution in [0.15, 0.2) is 6.07 Å². The second-order valence-corrected chi connectivity index (χ2v) is 5.54. The average molecular weight is 276 g/mol. The quantitative estimate of drug-likeness (QED) is 0.804. The Balaban J connectivity index is 1.95. The number of rotatable bonds is 2. The summed E-state index contributed by atoms with van der Waals surface area (Å²) in [7, 11) is 0. The van der Waals surface area contributed by atoms with E-state index in [0.29, 0.717) is 31.0 Å². The molecule has 20 heavy (non-hydrogen) atoms. The molecular weight excluding hydrogens is 256 g/mol. The third-order valence-electron chi connectivity index (χ3n) is 3.93. The van der Waals surface area contributed by atoms with Crippen molar-refractivity contribution in [2.75, 3.05) is 24.5 Å². The Labute approximate surface area is 117 Å². The number of nitrogens with two attached hydrogens (primary N) is 1. The summed E-state index contributed by atoms with van der Waals surface area (Å²) in [4.78, 5) is 10.9. The molecule has 0 unspecified atom stereocenters. The van der Waals surface area contributed by atoms with E-state index in [4.69, 9.17) is 5.73 Å². The Hall–Kier alpha value is -1.73. The average Bonchev–Trinajstić information content (AvgIpc) is 2.79. The van der Waals surface area contributed by atoms with Crippen molar-refractivity contribution >= 4 is 11.6 Å². The van der Waals surface area contributed by atoms with Crippen molar-refractivity contribution in [3.8, 4) is 0 Å². The Morgan fingerprint density at radius 1 is 1.30 bits per heavy atom. The van der Waals surface area contributed by atoms with Gasteiger partial charge < -0.3 is 15.7 Å². The summed E-state index contributed by atoms with van der Waals surface area (Å²) in [5, 5.41) is 14.6. The summed E-state index contributed by atoms with van der Waals surface area (Å²) < 4.78 is 1.77. The zero-order valence-corrected chi connectivity index (χ0v) is 11.9. The maximum atomic E-state index is 10.2. The van der Waals surface area contributed by atoms with E-state index in [2.05, 4.69) is 20.0 Å². The molecule has 0 aliphatic carbocycles. The lowest BCUT2D eigenvalue weighted by atomic mass is 9.92. The van der Waals surface area contributed by atoms with Crippen LogP contribution < -0.4 is 10.6 Å². The maximum absolute atomic E-state index is 10.2. The van der Waals surface area contributed by atoms with E-state index in [9.17, 15) is 5.11 Å². The first-order valence-corrected chi connectivity index (χ1v) is 6.89. The lowest BCUT2D eigenvalue weighted by molar-refractivity contribution is 0.0248. The number of anilines is 1. The molecule has 0 aromatic carbocycles. The van der Waals surface area contributed by atoms with Gasteiger partial charge in [0.2, 0.25) is 0 Å². The van der Waals surface area contributed by atoms with Crippen LogP contribution in [0.5, 0.6) is 0 Å². The first-order valence-electron chi connectivity index (χ1n) is 6.89. The smallest absolute Gasteiger partial charge is 0.254 e. The van der Waals surface area contributed by atoms with Crippen molar-refractivity contribution < 1.29 is 5.11 Å². The molecule has 1 saturated heterocycles. The second kappa shape index (κ2) is 4.68. The Morgan fingerprint density at radius 3 is 2.65 bits per heavy atom. The molecular formula is C13H20N6O. The predicted octanol–water partition coefficient (Wildman–Crippen LogP) is 0.0311. The minimum atomic E-state index is -0.726. The molecule has 0 amide bonds. The van der Waals surface area contributed by atoms with Crippen molar-refractivity contribution in [3.05, 3.63) is 17.6 Å². The number of nitrogens with zero attached hydrogens (tertiary/aromatic N) is 5. The molecule has 3 N–H and O–H groups in total. The van der Waals surface area contributed by atoms with Crippen LogP contribution in [-0.4, -0.2) is 49.9 Å². The highest BCUT2D eigenvalue weighted by Gasteiger charge is 2.31. The van der Waals surface area contributed by atoms with Crippen molar-refractivity contribution in [2.24, 2.45) is 5.73 Å². The molecule has 2 aromatic rings. The molecule has 1 fully saturated rings. The molecule has 0 atom stereocenters. The van der Waals surface area contributed by atoms with Crippen LogP contribution >= 0.6 is 0 Å². The van der Waals surface area contributed by atoms with Gasteiger partial charge in [-0.05, 0) is 26.7 Å². The zero-order valence-electron chi connectivity index (χ0n) is 11.9. The summed E-state index contributed by atoms with van der Waals surface area (Å²) in [6.07, 6.45) is 1.33. The minimum Gasteiger partial charge on any atom is -0.388 e. The highest BCUT2D eigenvalue weighted by Crippen LogP contribution is 2.26. The van der Waals surface area contributed by atoms with Gasteiger partial charge in [-0.1, -0.05) is 0 Å². The lowest BCUT2D eigenvalue weighted by Gasteiger charge is -2.38. The van der Waals surface area contributed by atoms with E-state index in [-0.39, 0.29) is 0 Å². The fourth-order valence-electron chi connectivity index (χ4n) is 2.65. The molecule has 0 spiro atoms. The molecule has 108 valence electrons. The highest BCUT2D eigenvalue weighted by molar-refractivity contribution is 5.48. The summed E-state index contributed by atoms with van der Waals surface area (Å²) in [6.45, 7) is 5.63. The van der Waals surface area contributed by atoms with Gasteiger partial charge >= 0.3 is 0 Å². The minimum absolute atomic E-state index is 0.314. The number of aliphatic hydroxyl groups is 1. The van der Waals surface area contributed by atoms with Gasteiger partial charge in [-0.15, -0.1) is 5.10 Å². The van der Waals surface area contributed by atoms with Gasteiger partial charge in [0.1, 0.15) is 11.6 Å². The van der Waals surface area contributed by atoms with Gasteiger partial charge in [-0.2, -0.15) is 9.50 Å². The number of hydrogen-bond donors (Lipinski definition) is 2. The summed E-state index contributed by atoms with van der Waals surface area (Å²) in [5.74, 6) is 2.31. The summed E-state index contributed by atoms with van der Waals surface area (Å²) in [6, 6.07) is 2.01. The highest BCUT2D eigenvalue weighted by atomic mass is 16.3. The van der Waals surface area contributed by atoms with E-state index >= 15 is 0 Å². The van der Waals surface area contributed by atoms with E-state index in [1.54, 1.807) is 4.52 Å². The Kier molecular flexibility index (Phi) is 3.10. The molecule has 1 aliphatic rings. The van der Waals surface area contributed by atoms with Crippen molar-refractivity contribution in [3.63, 3.8) is 0 Å². The van der Waals surface area contributed by atoms with Crippen molar-refractivity contribution in [1.29, 1.82) is 0 Å². The number of fused-ring (bicyclic) bond motifs is 1. The van der Waals surface area contributed by atoms with Gasteiger partial charge in [-0.25, -0.2) is 4.98 Å². The van der Waals surface area contributed by atoms with E-state index in [1.165, 1.54) is 0 Å². The number of aromatic nitrogens is 4. The van der Waals surface area contributed by atoms with E-state index < -0.39 is 5.60 Å². The summed E-state index contributed by atoms with van der Waals surface area (Å²) >= 11 is 0. The SMILES string of the molecule is Cc1cc(N2CCC(O)(CN)CC2)n2nc(C)nc2n1. The normalized spacial score (nSPS) is 18.7. The molecule has 3 rings (SSSR count). The van der Waals surface area contributed by atoms with Crippen LogP contribution in [0.25, 0.3) is 5.78 Å². The van der Waals surface area contributed by atoms with Gasteiger partial charge in [0.15, 0.2) is 0 Å². The molecule has 3 heterocycles. The lowest BCUT2D eigenvalue weighted by Crippen LogP contribution is -2.49.